The van der Waals surface area contributed by atoms with E-state index >= 15 is 0 Å². The first-order chi connectivity index (χ1) is 5.47. The van der Waals surface area contributed by atoms with Gasteiger partial charge >= 0.3 is 0 Å². The Morgan fingerprint density at radius 1 is 1.08 bits per heavy atom. The van der Waals surface area contributed by atoms with Crippen LogP contribution in [0.4, 0.5) is 0 Å². The minimum absolute atomic E-state index is 1.02. The lowest BCUT2D eigenvalue weighted by molar-refractivity contribution is 0.558. The van der Waals surface area contributed by atoms with Gasteiger partial charge in [-0.1, -0.05) is 17.3 Å². The smallest absolute Gasteiger partial charge is 0.242 e. The first-order valence-corrected chi connectivity index (χ1v) is 8.64. The minimum atomic E-state index is -1.40. The van der Waals surface area contributed by atoms with Crippen LogP contribution in [0.2, 0.25) is 19.6 Å². The first kappa shape index (κ1) is 9.54. The third-order valence-corrected chi connectivity index (χ3v) is 2.96. The van der Waals surface area contributed by atoms with E-state index in [-0.39, 0.29) is 0 Å². The average Bonchev–Trinajstić information content (AvgIpc) is 1.91. The van der Waals surface area contributed by atoms with Crippen molar-refractivity contribution < 1.29 is 4.43 Å². The van der Waals surface area contributed by atoms with Gasteiger partial charge in [0.1, 0.15) is 5.75 Å². The van der Waals surface area contributed by atoms with Crippen LogP contribution in [0.15, 0.2) is 24.3 Å². The molecule has 0 radical (unpaired) electrons. The maximum absolute atomic E-state index is 5.81. The fourth-order valence-corrected chi connectivity index (χ4v) is 2.14. The summed E-state index contributed by atoms with van der Waals surface area (Å²) in [5, 5.41) is 1.41. The Hall–Kier alpha value is -0.546. The van der Waals surface area contributed by atoms with E-state index in [2.05, 4.69) is 43.9 Å². The molecule has 0 aliphatic heterocycles. The largest absolute Gasteiger partial charge is 0.544 e. The molecular formula is C9H16OSi2. The van der Waals surface area contributed by atoms with Crippen LogP contribution in [-0.2, 0) is 0 Å². The molecule has 1 aromatic rings. The predicted octanol–water partition coefficient (Wildman–Crippen LogP) is 0.891. The van der Waals surface area contributed by atoms with Crippen molar-refractivity contribution in [2.45, 2.75) is 19.6 Å². The van der Waals surface area contributed by atoms with Crippen LogP contribution < -0.4 is 9.61 Å². The lowest BCUT2D eigenvalue weighted by atomic mass is 10.3. The summed E-state index contributed by atoms with van der Waals surface area (Å²) in [6, 6.07) is 8.42. The Kier molecular flexibility index (Phi) is 2.74. The zero-order valence-corrected chi connectivity index (χ0v) is 11.2. The summed E-state index contributed by atoms with van der Waals surface area (Å²) in [5.41, 5.74) is 0. The second-order valence-electron chi connectivity index (χ2n) is 4.03. The maximum atomic E-state index is 5.81. The van der Waals surface area contributed by atoms with Crippen LogP contribution in [0.3, 0.4) is 0 Å². The van der Waals surface area contributed by atoms with E-state index in [0.717, 1.165) is 16.0 Å². The van der Waals surface area contributed by atoms with Gasteiger partial charge in [0.05, 0.1) is 0 Å². The quantitative estimate of drug-likeness (QED) is 0.639. The van der Waals surface area contributed by atoms with Gasteiger partial charge in [0.15, 0.2) is 0 Å². The van der Waals surface area contributed by atoms with Gasteiger partial charge < -0.3 is 4.43 Å². The normalized spacial score (nSPS) is 11.6. The molecule has 0 spiro atoms. The third-order valence-electron chi connectivity index (χ3n) is 1.45. The molecule has 12 heavy (non-hydrogen) atoms. The van der Waals surface area contributed by atoms with Gasteiger partial charge in [-0.3, -0.25) is 0 Å². The van der Waals surface area contributed by atoms with E-state index in [9.17, 15) is 0 Å². The molecule has 0 aliphatic carbocycles. The van der Waals surface area contributed by atoms with E-state index in [1.807, 2.05) is 0 Å². The van der Waals surface area contributed by atoms with Crippen LogP contribution >= 0.6 is 0 Å². The maximum Gasteiger partial charge on any atom is 0.242 e. The van der Waals surface area contributed by atoms with E-state index in [1.165, 1.54) is 5.19 Å². The van der Waals surface area contributed by atoms with Crippen LogP contribution in [-0.4, -0.2) is 18.6 Å². The number of benzene rings is 1. The SMILES string of the molecule is C[Si](C)(C)Oc1ccc([SiH3])cc1. The van der Waals surface area contributed by atoms with Crippen molar-refractivity contribution in [1.82, 2.24) is 0 Å². The van der Waals surface area contributed by atoms with Crippen LogP contribution in [0.25, 0.3) is 0 Å². The lowest BCUT2D eigenvalue weighted by Gasteiger charge is -2.18. The second kappa shape index (κ2) is 3.45. The fraction of sp³-hybridized carbons (Fsp3) is 0.333. The Labute approximate surface area is 78.3 Å². The molecule has 66 valence electrons. The summed E-state index contributed by atoms with van der Waals surface area (Å²) in [6.07, 6.45) is 0. The summed E-state index contributed by atoms with van der Waals surface area (Å²) in [4.78, 5) is 0. The Bertz CT molecular complexity index is 248. The summed E-state index contributed by atoms with van der Waals surface area (Å²) in [6.45, 7) is 6.59. The highest BCUT2D eigenvalue weighted by Gasteiger charge is 2.15. The van der Waals surface area contributed by atoms with Gasteiger partial charge in [0.2, 0.25) is 8.32 Å². The van der Waals surface area contributed by atoms with E-state index in [0.29, 0.717) is 0 Å². The second-order valence-corrected chi connectivity index (χ2v) is 9.61. The number of hydrogen-bond acceptors (Lipinski definition) is 1. The molecule has 0 fully saturated rings. The van der Waals surface area contributed by atoms with Crippen LogP contribution in [0.5, 0.6) is 5.75 Å². The summed E-state index contributed by atoms with van der Waals surface area (Å²) >= 11 is 0. The lowest BCUT2D eigenvalue weighted by Crippen LogP contribution is -2.29. The number of rotatable bonds is 2. The van der Waals surface area contributed by atoms with Gasteiger partial charge in [0.25, 0.3) is 0 Å². The molecule has 0 heterocycles. The van der Waals surface area contributed by atoms with Crippen molar-refractivity contribution in [1.29, 1.82) is 0 Å². The zero-order valence-electron chi connectivity index (χ0n) is 8.22. The molecule has 0 saturated carbocycles. The van der Waals surface area contributed by atoms with Gasteiger partial charge in [-0.15, -0.1) is 0 Å². The molecule has 0 amide bonds. The Balaban J connectivity index is 2.71. The topological polar surface area (TPSA) is 9.23 Å². The van der Waals surface area contributed by atoms with Crippen molar-refractivity contribution >= 4 is 23.7 Å². The molecule has 0 aromatic heterocycles. The molecule has 0 atom stereocenters. The van der Waals surface area contributed by atoms with Gasteiger partial charge in [0, 0.05) is 10.2 Å². The molecule has 0 bridgehead atoms. The average molecular weight is 196 g/mol. The van der Waals surface area contributed by atoms with Gasteiger partial charge in [-0.05, 0) is 31.8 Å². The van der Waals surface area contributed by atoms with Crippen molar-refractivity contribution in [3.63, 3.8) is 0 Å². The molecule has 1 nitrogen and oxygen atoms in total. The van der Waals surface area contributed by atoms with Crippen molar-refractivity contribution in [3.05, 3.63) is 24.3 Å². The molecule has 0 N–H and O–H groups in total. The summed E-state index contributed by atoms with van der Waals surface area (Å²) in [5.74, 6) is 1.02. The van der Waals surface area contributed by atoms with Crippen molar-refractivity contribution in [3.8, 4) is 5.75 Å². The van der Waals surface area contributed by atoms with E-state index in [1.54, 1.807) is 0 Å². The van der Waals surface area contributed by atoms with Crippen molar-refractivity contribution in [2.24, 2.45) is 0 Å². The zero-order chi connectivity index (χ0) is 9.19. The highest BCUT2D eigenvalue weighted by molar-refractivity contribution is 6.70. The summed E-state index contributed by atoms with van der Waals surface area (Å²) in [7, 11) is -0.285. The molecule has 1 aromatic carbocycles. The Morgan fingerprint density at radius 3 is 2.00 bits per heavy atom. The third kappa shape index (κ3) is 3.23. The molecular weight excluding hydrogens is 180 g/mol. The van der Waals surface area contributed by atoms with Crippen molar-refractivity contribution in [2.75, 3.05) is 0 Å². The number of hydrogen-bond donors (Lipinski definition) is 0. The molecule has 3 heteroatoms. The van der Waals surface area contributed by atoms with Gasteiger partial charge in [-0.2, -0.15) is 0 Å². The molecule has 1 rings (SSSR count). The molecule has 0 aliphatic rings. The highest BCUT2D eigenvalue weighted by atomic mass is 28.4. The molecule has 0 unspecified atom stereocenters. The highest BCUT2D eigenvalue weighted by Crippen LogP contribution is 2.13. The van der Waals surface area contributed by atoms with E-state index < -0.39 is 8.32 Å². The predicted molar refractivity (Wildman–Crippen MR) is 60.0 cm³/mol. The Morgan fingerprint density at radius 2 is 1.58 bits per heavy atom. The summed E-state index contributed by atoms with van der Waals surface area (Å²) < 4.78 is 5.81. The standard InChI is InChI=1S/C9H16OSi2/c1-12(2,3)10-8-4-6-9(11)7-5-8/h4-7H,1-3,11H3. The monoisotopic (exact) mass is 196 g/mol. The minimum Gasteiger partial charge on any atom is -0.544 e. The first-order valence-electron chi connectivity index (χ1n) is 4.23. The van der Waals surface area contributed by atoms with Crippen LogP contribution in [0.1, 0.15) is 0 Å². The molecule has 0 saturated heterocycles. The fourth-order valence-electron chi connectivity index (χ4n) is 0.960. The van der Waals surface area contributed by atoms with E-state index in [4.69, 9.17) is 4.43 Å². The van der Waals surface area contributed by atoms with Crippen LogP contribution in [0, 0.1) is 0 Å². The van der Waals surface area contributed by atoms with Gasteiger partial charge in [-0.25, -0.2) is 0 Å².